The number of ether oxygens (including phenoxy) is 12. The van der Waals surface area contributed by atoms with Crippen molar-refractivity contribution < 1.29 is 127 Å². The number of nitrogens with zero attached hydrogens (tertiary/aromatic N) is 4. The second-order valence-corrected chi connectivity index (χ2v) is 33.3. The number of pyridine rings is 1. The summed E-state index contributed by atoms with van der Waals surface area (Å²) in [5.74, 6) is -11.1. The minimum atomic E-state index is -1.97. The highest BCUT2D eigenvalue weighted by atomic mass is 16.7. The van der Waals surface area contributed by atoms with Crippen molar-refractivity contribution in [1.82, 2.24) is 14.3 Å². The number of likely N-dealkylation sites (N-methyl/N-ethyl adjacent to an activating group) is 1. The number of anilines is 1. The molecule has 3 saturated heterocycles. The molecule has 644 valence electrons. The Morgan fingerprint density at radius 2 is 1.48 bits per heavy atom. The Labute approximate surface area is 674 Å². The molecule has 4 aromatic rings. The van der Waals surface area contributed by atoms with Crippen LogP contribution in [0, 0.1) is 61.2 Å². The van der Waals surface area contributed by atoms with Crippen LogP contribution in [0.2, 0.25) is 0 Å². The molecule has 2 aromatic carbocycles. The summed E-state index contributed by atoms with van der Waals surface area (Å²) in [5, 5.41) is 113. The Morgan fingerprint density at radius 3 is 2.10 bits per heavy atom. The number of benzene rings is 2. The number of phenols is 2. The number of carbonyl (C=O) groups excluding carboxylic acids is 4. The molecule has 0 aliphatic carbocycles. The summed E-state index contributed by atoms with van der Waals surface area (Å²) in [6.07, 6.45) is -3.87. The third kappa shape index (κ3) is 20.0. The van der Waals surface area contributed by atoms with Crippen molar-refractivity contribution in [2.75, 3.05) is 60.7 Å². The van der Waals surface area contributed by atoms with E-state index in [1.54, 1.807) is 119 Å². The number of allylic oxidation sites excluding steroid dienone is 2. The van der Waals surface area contributed by atoms with Crippen LogP contribution < -0.4 is 10.1 Å². The van der Waals surface area contributed by atoms with Gasteiger partial charge in [-0.05, 0) is 119 Å². The quantitative estimate of drug-likeness (QED) is 0.0175. The topological polar surface area (TPSA) is 415 Å². The fraction of sp³-hybridized carbons (Fsp3) is 0.690. The molecule has 0 saturated carbocycles. The Kier molecular flexibility index (Phi) is 31.2. The highest BCUT2D eigenvalue weighted by molar-refractivity contribution is 6.28. The van der Waals surface area contributed by atoms with E-state index < -0.39 is 179 Å². The van der Waals surface area contributed by atoms with Gasteiger partial charge in [-0.3, -0.25) is 23.6 Å². The van der Waals surface area contributed by atoms with Crippen LogP contribution in [-0.4, -0.2) is 259 Å². The van der Waals surface area contributed by atoms with Gasteiger partial charge in [0.05, 0.1) is 102 Å². The van der Waals surface area contributed by atoms with E-state index in [-0.39, 0.29) is 101 Å². The number of aromatic nitrogens is 2. The van der Waals surface area contributed by atoms with Gasteiger partial charge in [0.2, 0.25) is 6.79 Å². The summed E-state index contributed by atoms with van der Waals surface area (Å²) in [7, 11) is 8.22. The van der Waals surface area contributed by atoms with Crippen molar-refractivity contribution in [1.29, 1.82) is 0 Å². The first-order valence-corrected chi connectivity index (χ1v) is 39.7. The van der Waals surface area contributed by atoms with Crippen LogP contribution >= 0.6 is 0 Å². The lowest BCUT2D eigenvalue weighted by Crippen LogP contribution is -2.61. The van der Waals surface area contributed by atoms with Gasteiger partial charge in [-0.1, -0.05) is 78.8 Å². The Balaban J connectivity index is 0.000000288. The van der Waals surface area contributed by atoms with Gasteiger partial charge in [-0.25, -0.2) is 4.98 Å². The minimum absolute atomic E-state index is 0.0185. The number of methoxy groups -OCH3 is 3. The Bertz CT molecular complexity index is 4180. The lowest BCUT2D eigenvalue weighted by molar-refractivity contribution is -0.317. The van der Waals surface area contributed by atoms with Crippen LogP contribution in [0.1, 0.15) is 165 Å². The van der Waals surface area contributed by atoms with E-state index in [9.17, 15) is 65.1 Å². The number of carbonyl (C=O) groups is 4. The number of amides is 1. The van der Waals surface area contributed by atoms with Gasteiger partial charge in [0, 0.05) is 112 Å². The van der Waals surface area contributed by atoms with E-state index >= 15 is 0 Å². The maximum Gasteiger partial charge on any atom is 0.312 e. The lowest BCUT2D eigenvalue weighted by Gasteiger charge is -2.49. The van der Waals surface area contributed by atoms with Crippen LogP contribution in [0.15, 0.2) is 59.6 Å². The second kappa shape index (κ2) is 38.4. The molecule has 4 bridgehead atoms. The van der Waals surface area contributed by atoms with Crippen molar-refractivity contribution >= 4 is 62.5 Å². The number of rotatable bonds is 15. The Morgan fingerprint density at radius 1 is 0.800 bits per heavy atom. The van der Waals surface area contributed by atoms with Gasteiger partial charge in [-0.15, -0.1) is 0 Å². The van der Waals surface area contributed by atoms with Gasteiger partial charge in [0.1, 0.15) is 63.9 Å². The normalized spacial score (nSPS) is 38.4. The van der Waals surface area contributed by atoms with Crippen LogP contribution in [0.3, 0.4) is 0 Å². The van der Waals surface area contributed by atoms with E-state index in [0.29, 0.717) is 24.4 Å². The third-order valence-corrected chi connectivity index (χ3v) is 24.1. The molecular weight excluding hydrogens is 1490 g/mol. The number of nitrogens with one attached hydrogen (secondary N) is 1. The maximum absolute atomic E-state index is 14.6. The summed E-state index contributed by atoms with van der Waals surface area (Å²) in [4.78, 5) is 67.4. The predicted molar refractivity (Wildman–Crippen MR) is 426 cm³/mol. The van der Waals surface area contributed by atoms with Gasteiger partial charge in [0.15, 0.2) is 18.3 Å². The SMILES string of the molecule is CC[C@H]1OC(=O)[C@H](C)[C@@H](O[C@H]2C[C@@](C)(OC)[C@@H](O)[C@H](C)O2)[C@H](C)[C@@H](O[C@@H]2O[C@H](C)C[C@H](N(C)C)[C@H]2O)[C@](C)(O)C[C@@H](C)/C(=N\OCOCCOC)[C@H](C)[C@@H](O)[C@]1(C)O.CO[C@H]1/C=C/O[C@@]2(C)Oc3c(C)c(O)c4c(O)c(c5c(nc6cc(C)ccn65)c4c3C2=O)NC(=O)/C(C)=C\C=C\[C@H](C)[C@H](O)[C@@H](C)[C@@H](O)[C@@H](C)[C@H](OC(C)=O)[C@@H]1C. The first-order valence-electron chi connectivity index (χ1n) is 39.7. The zero-order chi connectivity index (χ0) is 85.7. The third-order valence-electron chi connectivity index (χ3n) is 24.1. The second-order valence-electron chi connectivity index (χ2n) is 33.3. The monoisotopic (exact) mass is 1620 g/mol. The average molecular weight is 1620 g/mol. The summed E-state index contributed by atoms with van der Waals surface area (Å²) in [6, 6.07) is 3.31. The number of fused-ring (bicyclic) bond motifs is 2. The van der Waals surface area contributed by atoms with Gasteiger partial charge >= 0.3 is 17.7 Å². The number of oxime groups is 1. The molecule has 9 rings (SSSR count). The molecule has 7 heterocycles. The number of Topliss-reactive ketones (excluding diaryl/α,β-unsaturated/α-hetero) is 1. The van der Waals surface area contributed by atoms with Crippen LogP contribution in [0.25, 0.3) is 27.5 Å². The van der Waals surface area contributed by atoms with Crippen molar-refractivity contribution in [3.8, 4) is 17.2 Å². The van der Waals surface area contributed by atoms with E-state index in [0.717, 1.165) is 5.56 Å². The molecule has 27 atom stereocenters. The summed E-state index contributed by atoms with van der Waals surface area (Å²) in [6.45, 7) is 32.0. The lowest BCUT2D eigenvalue weighted by atomic mass is 9.73. The van der Waals surface area contributed by atoms with Crippen molar-refractivity contribution in [2.45, 2.75) is 272 Å². The van der Waals surface area contributed by atoms with Crippen molar-refractivity contribution in [3.63, 3.8) is 0 Å². The molecule has 5 aliphatic rings. The predicted octanol–water partition coefficient (Wildman–Crippen LogP) is 8.37. The summed E-state index contributed by atoms with van der Waals surface area (Å²) in [5.41, 5.74) is -2.31. The molecule has 10 N–H and O–H groups in total. The first-order chi connectivity index (χ1) is 53.8. The molecular formula is C84H127N5O26. The minimum Gasteiger partial charge on any atom is -0.507 e. The van der Waals surface area contributed by atoms with E-state index in [1.807, 2.05) is 51.9 Å². The number of hydrogen-bond donors (Lipinski definition) is 10. The highest BCUT2D eigenvalue weighted by Gasteiger charge is 2.55. The first kappa shape index (κ1) is 93.5. The number of aliphatic hydroxyl groups excluding tert-OH is 5. The number of hydrogen-bond acceptors (Lipinski definition) is 29. The average Bonchev–Trinajstić information content (AvgIpc) is 1.55. The fourth-order valence-electron chi connectivity index (χ4n) is 17.0. The van der Waals surface area contributed by atoms with Gasteiger partial charge in [0.25, 0.3) is 11.7 Å². The molecule has 5 aliphatic heterocycles. The zero-order valence-electron chi connectivity index (χ0n) is 71.1. The molecule has 2 aromatic heterocycles. The molecule has 31 nitrogen and oxygen atoms in total. The standard InChI is InChI=1S/C43H51N3O11.C41H76N2O15/c1-19-14-16-46-28(18-19)44-32-29-30-37(50)25(7)40-31(29)41(52)43(9,57-40)55-17-15-27(54-10)22(4)39(56-26(8)47)24(6)36(49)23(5)35(48)20(2)12-11-13-21(3)42(53)45-33(34(32)46)38(30)51;1-15-29-41(10,49)34(45)24(4)31(42-53-21-52-17-16-50-13)22(2)19-39(8,48)36(58-38-32(44)28(43(11)12)18-23(3)54-38)25(5)33(26(6)37(47)56-29)57-30-20-40(9,51-14)35(46)27(7)55-30/h11-18,20,22-24,27,35-36,39,48-51H,1-10H3,(H,45,53);22-30,32-36,38,44-46,48-49H,15-21H2,1-14H3/b12-11+,17-15+,21-13-;42-31+/t20-,22+,23+,24+,27-,35-,36+,39+,43-;22-,23-,24+,25+,26-,27+,28+,29-,30+,32-,33+,34-,35+,36-,38+,39-,40-,41-/m01/s1. The number of phenolic OH excluding ortho intramolecular Hbond substituents is 2. The molecule has 1 amide bonds. The molecule has 115 heavy (non-hydrogen) atoms. The number of ketones is 1. The fourth-order valence-corrected chi connectivity index (χ4v) is 17.0. The summed E-state index contributed by atoms with van der Waals surface area (Å²) >= 11 is 0. The van der Waals surface area contributed by atoms with E-state index in [4.69, 9.17) is 66.7 Å². The number of imidazole rings is 1. The maximum atomic E-state index is 14.6. The van der Waals surface area contributed by atoms with E-state index in [2.05, 4.69) is 10.5 Å². The molecule has 31 heteroatoms. The summed E-state index contributed by atoms with van der Waals surface area (Å²) < 4.78 is 73.6. The number of aryl methyl sites for hydroxylation is 1. The van der Waals surface area contributed by atoms with Gasteiger partial charge < -0.3 is 118 Å². The number of cyclic esters (lactones) is 1. The van der Waals surface area contributed by atoms with Crippen molar-refractivity contribution in [3.05, 3.63) is 71.2 Å². The number of esters is 2. The van der Waals surface area contributed by atoms with E-state index in [1.165, 1.54) is 54.3 Å². The van der Waals surface area contributed by atoms with Crippen LogP contribution in [-0.2, 0) is 71.3 Å². The number of aliphatic hydroxyl groups is 7. The van der Waals surface area contributed by atoms with Crippen molar-refractivity contribution in [2.24, 2.45) is 52.5 Å². The van der Waals surface area contributed by atoms with Crippen LogP contribution in [0.4, 0.5) is 5.69 Å². The van der Waals surface area contributed by atoms with Gasteiger partial charge in [-0.2, -0.15) is 0 Å². The Hall–Kier alpha value is -7.02. The molecule has 0 spiro atoms. The van der Waals surface area contributed by atoms with Crippen LogP contribution in [0.5, 0.6) is 17.2 Å². The number of aromatic hydroxyl groups is 2. The largest absolute Gasteiger partial charge is 0.507 e. The molecule has 3 fully saturated rings. The highest BCUT2D eigenvalue weighted by Crippen LogP contribution is 2.55. The molecule has 0 radical (unpaired) electrons. The molecule has 0 unspecified atom stereocenters. The zero-order valence-corrected chi connectivity index (χ0v) is 71.1. The smallest absolute Gasteiger partial charge is 0.312 e.